The van der Waals surface area contributed by atoms with Gasteiger partial charge in [-0.25, -0.2) is 4.52 Å². The number of fused-ring (bicyclic) bond motifs is 1. The van der Waals surface area contributed by atoms with Gasteiger partial charge in [0.1, 0.15) is 0 Å². The van der Waals surface area contributed by atoms with Crippen molar-refractivity contribution >= 4 is 11.4 Å². The highest BCUT2D eigenvalue weighted by molar-refractivity contribution is 6.00. The first-order valence-corrected chi connectivity index (χ1v) is 5.65. The van der Waals surface area contributed by atoms with E-state index in [0.717, 1.165) is 5.52 Å². The molecule has 0 saturated heterocycles. The van der Waals surface area contributed by atoms with Crippen LogP contribution in [0.3, 0.4) is 0 Å². The van der Waals surface area contributed by atoms with E-state index in [1.807, 2.05) is 18.2 Å². The Hall–Kier alpha value is -1.88. The highest BCUT2D eigenvalue weighted by atomic mass is 16.3. The Morgan fingerprint density at radius 1 is 1.47 bits per heavy atom. The third-order valence-corrected chi connectivity index (χ3v) is 3.12. The number of carbonyl (C=O) groups excluding carboxylic acids is 1. The van der Waals surface area contributed by atoms with Gasteiger partial charge in [0.15, 0.2) is 0 Å². The van der Waals surface area contributed by atoms with Gasteiger partial charge in [0.25, 0.3) is 5.91 Å². The minimum atomic E-state index is -0.260. The summed E-state index contributed by atoms with van der Waals surface area (Å²) in [7, 11) is 0. The highest BCUT2D eigenvalue weighted by Gasteiger charge is 2.29. The normalized spacial score (nSPS) is 23.4. The number of aliphatic hydroxyl groups excluding tert-OH is 1. The van der Waals surface area contributed by atoms with Crippen molar-refractivity contribution in [2.75, 3.05) is 0 Å². The molecule has 0 unspecified atom stereocenters. The molecule has 0 spiro atoms. The molecule has 0 aromatic carbocycles. The Kier molecular flexibility index (Phi) is 2.33. The van der Waals surface area contributed by atoms with E-state index in [2.05, 4.69) is 10.4 Å². The van der Waals surface area contributed by atoms with Crippen molar-refractivity contribution in [2.45, 2.75) is 25.0 Å². The molecular formula is C12H13N3O2. The van der Waals surface area contributed by atoms with E-state index in [-0.39, 0.29) is 18.1 Å². The van der Waals surface area contributed by atoms with Crippen molar-refractivity contribution in [3.63, 3.8) is 0 Å². The topological polar surface area (TPSA) is 66.6 Å². The van der Waals surface area contributed by atoms with Crippen LogP contribution in [-0.2, 0) is 0 Å². The van der Waals surface area contributed by atoms with E-state index in [4.69, 9.17) is 5.11 Å². The number of rotatable bonds is 2. The molecule has 0 aliphatic heterocycles. The summed E-state index contributed by atoms with van der Waals surface area (Å²) < 4.78 is 1.67. The third-order valence-electron chi connectivity index (χ3n) is 3.12. The van der Waals surface area contributed by atoms with Crippen molar-refractivity contribution < 1.29 is 9.90 Å². The molecule has 1 amide bonds. The Bertz CT molecular complexity index is 558. The minimum Gasteiger partial charge on any atom is -0.393 e. The maximum atomic E-state index is 12.0. The van der Waals surface area contributed by atoms with Crippen LogP contribution in [0.1, 0.15) is 23.2 Å². The van der Waals surface area contributed by atoms with Gasteiger partial charge >= 0.3 is 0 Å². The predicted molar refractivity (Wildman–Crippen MR) is 61.7 cm³/mol. The molecule has 0 atom stereocenters. The van der Waals surface area contributed by atoms with Crippen LogP contribution in [0.25, 0.3) is 5.52 Å². The molecule has 0 bridgehead atoms. The Morgan fingerprint density at radius 2 is 2.29 bits per heavy atom. The van der Waals surface area contributed by atoms with Crippen LogP contribution in [0.5, 0.6) is 0 Å². The van der Waals surface area contributed by atoms with E-state index >= 15 is 0 Å². The summed E-state index contributed by atoms with van der Waals surface area (Å²) >= 11 is 0. The van der Waals surface area contributed by atoms with E-state index in [1.54, 1.807) is 16.9 Å². The number of hydrogen-bond acceptors (Lipinski definition) is 3. The summed E-state index contributed by atoms with van der Waals surface area (Å²) in [6, 6.07) is 5.69. The first kappa shape index (κ1) is 10.3. The van der Waals surface area contributed by atoms with Crippen LogP contribution < -0.4 is 5.32 Å². The molecule has 1 aliphatic rings. The van der Waals surface area contributed by atoms with E-state index in [0.29, 0.717) is 18.4 Å². The molecule has 5 nitrogen and oxygen atoms in total. The SMILES string of the molecule is O=C(N[C@H]1C[C@@H](O)C1)c1cnn2ccccc12. The molecule has 17 heavy (non-hydrogen) atoms. The Morgan fingerprint density at radius 3 is 3.06 bits per heavy atom. The van der Waals surface area contributed by atoms with Crippen LogP contribution in [0.2, 0.25) is 0 Å². The number of nitrogens with zero attached hydrogens (tertiary/aromatic N) is 2. The van der Waals surface area contributed by atoms with Crippen LogP contribution in [0.4, 0.5) is 0 Å². The molecule has 2 heterocycles. The first-order chi connectivity index (χ1) is 8.24. The highest BCUT2D eigenvalue weighted by Crippen LogP contribution is 2.20. The van der Waals surface area contributed by atoms with Crippen LogP contribution >= 0.6 is 0 Å². The summed E-state index contributed by atoms with van der Waals surface area (Å²) in [4.78, 5) is 12.0. The smallest absolute Gasteiger partial charge is 0.255 e. The van der Waals surface area contributed by atoms with E-state index in [9.17, 15) is 4.79 Å². The average molecular weight is 231 g/mol. The number of nitrogens with one attached hydrogen (secondary N) is 1. The molecule has 1 saturated carbocycles. The fourth-order valence-corrected chi connectivity index (χ4v) is 2.08. The summed E-state index contributed by atoms with van der Waals surface area (Å²) in [5, 5.41) is 16.2. The van der Waals surface area contributed by atoms with Crippen molar-refractivity contribution in [1.82, 2.24) is 14.9 Å². The average Bonchev–Trinajstić information content (AvgIpc) is 2.70. The van der Waals surface area contributed by atoms with Gasteiger partial charge in [-0.05, 0) is 25.0 Å². The standard InChI is InChI=1S/C12H13N3O2/c16-9-5-8(6-9)14-12(17)10-7-13-15-4-2-1-3-11(10)15/h1-4,7-9,16H,5-6H2,(H,14,17)/t8-,9+. The maximum Gasteiger partial charge on any atom is 0.255 e. The lowest BCUT2D eigenvalue weighted by Crippen LogP contribution is -2.46. The van der Waals surface area contributed by atoms with Gasteiger partial charge in [0.2, 0.25) is 0 Å². The number of hydrogen-bond donors (Lipinski definition) is 2. The summed E-state index contributed by atoms with van der Waals surface area (Å²) in [6.07, 6.45) is 4.40. The molecule has 2 aromatic rings. The van der Waals surface area contributed by atoms with Crippen molar-refractivity contribution in [3.05, 3.63) is 36.2 Å². The first-order valence-electron chi connectivity index (χ1n) is 5.65. The van der Waals surface area contributed by atoms with Crippen LogP contribution in [0, 0.1) is 0 Å². The lowest BCUT2D eigenvalue weighted by molar-refractivity contribution is 0.0563. The van der Waals surface area contributed by atoms with Gasteiger partial charge in [-0.3, -0.25) is 4.79 Å². The Balaban J connectivity index is 1.81. The lowest BCUT2D eigenvalue weighted by Gasteiger charge is -2.31. The van der Waals surface area contributed by atoms with Gasteiger partial charge < -0.3 is 10.4 Å². The number of carbonyl (C=O) groups is 1. The molecule has 5 heteroatoms. The number of aliphatic hydroxyl groups is 1. The predicted octanol–water partition coefficient (Wildman–Crippen LogP) is 0.587. The molecule has 1 fully saturated rings. The largest absolute Gasteiger partial charge is 0.393 e. The van der Waals surface area contributed by atoms with Gasteiger partial charge in [0.05, 0.1) is 23.4 Å². The number of amides is 1. The monoisotopic (exact) mass is 231 g/mol. The fourth-order valence-electron chi connectivity index (χ4n) is 2.08. The van der Waals surface area contributed by atoms with Gasteiger partial charge in [-0.15, -0.1) is 0 Å². The molecule has 3 rings (SSSR count). The van der Waals surface area contributed by atoms with Crippen molar-refractivity contribution in [1.29, 1.82) is 0 Å². The summed E-state index contributed by atoms with van der Waals surface area (Å²) in [5.41, 5.74) is 1.37. The second-order valence-corrected chi connectivity index (χ2v) is 4.38. The second kappa shape index (κ2) is 3.85. The quantitative estimate of drug-likeness (QED) is 0.794. The van der Waals surface area contributed by atoms with Crippen molar-refractivity contribution in [2.24, 2.45) is 0 Å². The molecule has 1 aliphatic carbocycles. The summed E-state index contributed by atoms with van der Waals surface area (Å²) in [5.74, 6) is -0.122. The number of pyridine rings is 1. The van der Waals surface area contributed by atoms with Crippen molar-refractivity contribution in [3.8, 4) is 0 Å². The molecule has 2 N–H and O–H groups in total. The maximum absolute atomic E-state index is 12.0. The summed E-state index contributed by atoms with van der Waals surface area (Å²) in [6.45, 7) is 0. The van der Waals surface area contributed by atoms with Gasteiger partial charge in [-0.1, -0.05) is 6.07 Å². The lowest BCUT2D eigenvalue weighted by atomic mass is 9.89. The third kappa shape index (κ3) is 1.78. The van der Waals surface area contributed by atoms with Crippen LogP contribution in [0.15, 0.2) is 30.6 Å². The molecule has 88 valence electrons. The molecule has 0 radical (unpaired) electrons. The Labute approximate surface area is 98.1 Å². The number of aromatic nitrogens is 2. The van der Waals surface area contributed by atoms with E-state index in [1.165, 1.54) is 0 Å². The zero-order chi connectivity index (χ0) is 11.8. The second-order valence-electron chi connectivity index (χ2n) is 4.38. The van der Waals surface area contributed by atoms with Gasteiger partial charge in [0, 0.05) is 12.2 Å². The van der Waals surface area contributed by atoms with E-state index < -0.39 is 0 Å². The molecule has 2 aromatic heterocycles. The zero-order valence-corrected chi connectivity index (χ0v) is 9.21. The zero-order valence-electron chi connectivity index (χ0n) is 9.21. The molecular weight excluding hydrogens is 218 g/mol. The van der Waals surface area contributed by atoms with Crippen LogP contribution in [-0.4, -0.2) is 32.8 Å². The minimum absolute atomic E-state index is 0.0937. The fraction of sp³-hybridized carbons (Fsp3) is 0.333. The van der Waals surface area contributed by atoms with Gasteiger partial charge in [-0.2, -0.15) is 5.10 Å².